The van der Waals surface area contributed by atoms with Crippen molar-refractivity contribution >= 4 is 11.5 Å². The van der Waals surface area contributed by atoms with Crippen LogP contribution in [0.4, 0.5) is 5.82 Å². The smallest absolute Gasteiger partial charge is 0.216 e. The van der Waals surface area contributed by atoms with Crippen LogP contribution in [0, 0.1) is 20.8 Å². The standard InChI is InChI=1S/C17H20N6O/c1-10-7-13-8-22(6-5-14(13)19-17(10)24-4)16-12(3)11(2)15-20-18-9-23(15)21-16/h7,9H,5-6,8H2,1-4H3. The molecule has 0 fully saturated rings. The van der Waals surface area contributed by atoms with Crippen molar-refractivity contribution in [3.05, 3.63) is 40.3 Å². The van der Waals surface area contributed by atoms with Crippen molar-refractivity contribution in [2.75, 3.05) is 18.6 Å². The fourth-order valence-corrected chi connectivity index (χ4v) is 3.32. The third kappa shape index (κ3) is 2.19. The third-order valence-corrected chi connectivity index (χ3v) is 4.77. The molecule has 4 rings (SSSR count). The highest BCUT2D eigenvalue weighted by molar-refractivity contribution is 5.59. The van der Waals surface area contributed by atoms with Gasteiger partial charge >= 0.3 is 0 Å². The van der Waals surface area contributed by atoms with E-state index in [0.29, 0.717) is 0 Å². The maximum absolute atomic E-state index is 5.34. The Kier molecular flexibility index (Phi) is 3.37. The van der Waals surface area contributed by atoms with Gasteiger partial charge in [-0.15, -0.1) is 15.3 Å². The molecular weight excluding hydrogens is 304 g/mol. The predicted molar refractivity (Wildman–Crippen MR) is 90.5 cm³/mol. The first kappa shape index (κ1) is 14.9. The summed E-state index contributed by atoms with van der Waals surface area (Å²) in [7, 11) is 1.67. The molecule has 3 aromatic rings. The number of rotatable bonds is 2. The molecule has 1 aliphatic rings. The second kappa shape index (κ2) is 5.43. The number of hydrogen-bond donors (Lipinski definition) is 0. The first-order valence-corrected chi connectivity index (χ1v) is 8.04. The molecule has 0 saturated heterocycles. The lowest BCUT2D eigenvalue weighted by Gasteiger charge is -2.31. The number of ether oxygens (including phenoxy) is 1. The first-order valence-electron chi connectivity index (χ1n) is 8.04. The van der Waals surface area contributed by atoms with E-state index in [1.807, 2.05) is 6.92 Å². The Bertz CT molecular complexity index is 932. The molecule has 7 nitrogen and oxygen atoms in total. The average molecular weight is 324 g/mol. The monoisotopic (exact) mass is 324 g/mol. The van der Waals surface area contributed by atoms with E-state index in [2.05, 4.69) is 40.0 Å². The topological polar surface area (TPSA) is 68.4 Å². The molecule has 0 bridgehead atoms. The molecule has 0 unspecified atom stereocenters. The maximum Gasteiger partial charge on any atom is 0.216 e. The highest BCUT2D eigenvalue weighted by Gasteiger charge is 2.23. The van der Waals surface area contributed by atoms with Gasteiger partial charge in [0.2, 0.25) is 5.88 Å². The van der Waals surface area contributed by atoms with Crippen LogP contribution in [0.25, 0.3) is 5.65 Å². The Balaban J connectivity index is 1.75. The molecule has 0 saturated carbocycles. The average Bonchev–Trinajstić information content (AvgIpc) is 3.05. The van der Waals surface area contributed by atoms with Gasteiger partial charge in [-0.05, 0) is 32.4 Å². The van der Waals surface area contributed by atoms with Gasteiger partial charge in [0, 0.05) is 36.2 Å². The van der Waals surface area contributed by atoms with E-state index >= 15 is 0 Å². The van der Waals surface area contributed by atoms with Gasteiger partial charge in [-0.2, -0.15) is 4.52 Å². The summed E-state index contributed by atoms with van der Waals surface area (Å²) in [6.07, 6.45) is 2.53. The molecule has 0 N–H and O–H groups in total. The summed E-state index contributed by atoms with van der Waals surface area (Å²) in [5.41, 5.74) is 6.50. The van der Waals surface area contributed by atoms with Gasteiger partial charge in [0.15, 0.2) is 11.5 Å². The van der Waals surface area contributed by atoms with Gasteiger partial charge in [-0.3, -0.25) is 0 Å². The van der Waals surface area contributed by atoms with Crippen LogP contribution in [0.15, 0.2) is 12.4 Å². The number of anilines is 1. The number of fused-ring (bicyclic) bond motifs is 2. The van der Waals surface area contributed by atoms with E-state index in [1.165, 1.54) is 5.56 Å². The van der Waals surface area contributed by atoms with E-state index in [1.54, 1.807) is 18.0 Å². The van der Waals surface area contributed by atoms with Gasteiger partial charge in [0.25, 0.3) is 0 Å². The molecule has 24 heavy (non-hydrogen) atoms. The lowest BCUT2D eigenvalue weighted by molar-refractivity contribution is 0.391. The lowest BCUT2D eigenvalue weighted by Crippen LogP contribution is -2.33. The van der Waals surface area contributed by atoms with E-state index in [0.717, 1.165) is 59.2 Å². The Labute approximate surface area is 140 Å². The fraction of sp³-hybridized carbons (Fsp3) is 0.412. The minimum atomic E-state index is 0.721. The first-order chi connectivity index (χ1) is 11.6. The SMILES string of the molecule is COc1nc2c(cc1C)CN(c1nn3cnnc3c(C)c1C)CC2. The Hall–Kier alpha value is -2.70. The highest BCUT2D eigenvalue weighted by Crippen LogP contribution is 2.29. The van der Waals surface area contributed by atoms with Crippen molar-refractivity contribution in [1.82, 2.24) is 24.8 Å². The number of hydrogen-bond acceptors (Lipinski definition) is 6. The molecule has 0 radical (unpaired) electrons. The summed E-state index contributed by atoms with van der Waals surface area (Å²) in [5.74, 6) is 1.71. The zero-order valence-corrected chi connectivity index (χ0v) is 14.4. The molecule has 0 spiro atoms. The van der Waals surface area contributed by atoms with Crippen LogP contribution in [-0.2, 0) is 13.0 Å². The molecule has 0 amide bonds. The van der Waals surface area contributed by atoms with Gasteiger partial charge in [0.1, 0.15) is 6.33 Å². The van der Waals surface area contributed by atoms with Crippen LogP contribution < -0.4 is 9.64 Å². The number of pyridine rings is 1. The van der Waals surface area contributed by atoms with Crippen molar-refractivity contribution in [2.45, 2.75) is 33.7 Å². The van der Waals surface area contributed by atoms with Crippen LogP contribution in [0.3, 0.4) is 0 Å². The molecular formula is C17H20N6O. The van der Waals surface area contributed by atoms with E-state index in [4.69, 9.17) is 9.84 Å². The lowest BCUT2D eigenvalue weighted by atomic mass is 10.0. The predicted octanol–water partition coefficient (Wildman–Crippen LogP) is 2.02. The van der Waals surface area contributed by atoms with Crippen LogP contribution in [-0.4, -0.2) is 38.4 Å². The van der Waals surface area contributed by atoms with Gasteiger partial charge in [0.05, 0.1) is 12.8 Å². The Morgan fingerprint density at radius 3 is 2.79 bits per heavy atom. The third-order valence-electron chi connectivity index (χ3n) is 4.77. The second-order valence-electron chi connectivity index (χ2n) is 6.26. The largest absolute Gasteiger partial charge is 0.481 e. The van der Waals surface area contributed by atoms with Crippen molar-refractivity contribution in [3.63, 3.8) is 0 Å². The number of aromatic nitrogens is 5. The van der Waals surface area contributed by atoms with E-state index < -0.39 is 0 Å². The maximum atomic E-state index is 5.34. The molecule has 124 valence electrons. The van der Waals surface area contributed by atoms with Crippen LogP contribution in [0.2, 0.25) is 0 Å². The van der Waals surface area contributed by atoms with E-state index in [-0.39, 0.29) is 0 Å². The normalized spacial score (nSPS) is 14.1. The summed E-state index contributed by atoms with van der Waals surface area (Å²) in [4.78, 5) is 6.95. The van der Waals surface area contributed by atoms with Gasteiger partial charge in [-0.1, -0.05) is 0 Å². The van der Waals surface area contributed by atoms with Crippen molar-refractivity contribution in [2.24, 2.45) is 0 Å². The molecule has 0 aromatic carbocycles. The van der Waals surface area contributed by atoms with Crippen molar-refractivity contribution in [3.8, 4) is 5.88 Å². The summed E-state index contributed by atoms with van der Waals surface area (Å²) in [6.45, 7) is 7.88. The number of nitrogens with zero attached hydrogens (tertiary/aromatic N) is 6. The molecule has 0 aliphatic carbocycles. The highest BCUT2D eigenvalue weighted by atomic mass is 16.5. The quantitative estimate of drug-likeness (QED) is 0.718. The summed E-state index contributed by atoms with van der Waals surface area (Å²) in [5, 5.41) is 12.8. The van der Waals surface area contributed by atoms with E-state index in [9.17, 15) is 0 Å². The van der Waals surface area contributed by atoms with Crippen LogP contribution >= 0.6 is 0 Å². The summed E-state index contributed by atoms with van der Waals surface area (Å²) >= 11 is 0. The van der Waals surface area contributed by atoms with Crippen LogP contribution in [0.5, 0.6) is 5.88 Å². The van der Waals surface area contributed by atoms with Crippen LogP contribution in [0.1, 0.15) is 27.9 Å². The zero-order valence-electron chi connectivity index (χ0n) is 14.4. The minimum absolute atomic E-state index is 0.721. The zero-order chi connectivity index (χ0) is 16.8. The minimum Gasteiger partial charge on any atom is -0.481 e. The Morgan fingerprint density at radius 1 is 1.17 bits per heavy atom. The molecule has 0 atom stereocenters. The number of methoxy groups -OCH3 is 1. The van der Waals surface area contributed by atoms with Crippen molar-refractivity contribution in [1.29, 1.82) is 0 Å². The molecule has 1 aliphatic heterocycles. The fourth-order valence-electron chi connectivity index (χ4n) is 3.32. The van der Waals surface area contributed by atoms with Gasteiger partial charge in [-0.25, -0.2) is 4.98 Å². The van der Waals surface area contributed by atoms with Crippen molar-refractivity contribution < 1.29 is 4.74 Å². The molecule has 7 heteroatoms. The molecule has 4 heterocycles. The second-order valence-corrected chi connectivity index (χ2v) is 6.26. The van der Waals surface area contributed by atoms with Gasteiger partial charge < -0.3 is 9.64 Å². The molecule has 3 aromatic heterocycles. The number of aryl methyl sites for hydroxylation is 2. The Morgan fingerprint density at radius 2 is 2.00 bits per heavy atom. The summed E-state index contributed by atoms with van der Waals surface area (Å²) < 4.78 is 7.10. The summed E-state index contributed by atoms with van der Waals surface area (Å²) in [6, 6.07) is 2.17.